The van der Waals surface area contributed by atoms with Gasteiger partial charge in [-0.05, 0) is 0 Å². The van der Waals surface area contributed by atoms with Crippen molar-refractivity contribution >= 4 is 27.4 Å². The van der Waals surface area contributed by atoms with Crippen molar-refractivity contribution in [1.82, 2.24) is 19.6 Å². The van der Waals surface area contributed by atoms with Crippen LogP contribution in [0.25, 0.3) is 5.65 Å². The summed E-state index contributed by atoms with van der Waals surface area (Å²) in [5.41, 5.74) is 0.299. The molecule has 1 atom stereocenters. The Morgan fingerprint density at radius 2 is 2.50 bits per heavy atom. The lowest BCUT2D eigenvalue weighted by molar-refractivity contribution is 0.1000. The molecule has 0 amide bonds. The highest BCUT2D eigenvalue weighted by Crippen LogP contribution is 2.18. The minimum atomic E-state index is -0.275. The molecule has 0 bridgehead atoms. The topological polar surface area (TPSA) is 75.5 Å². The zero-order valence-electron chi connectivity index (χ0n) is 9.54. The highest BCUT2D eigenvalue weighted by atomic mass is 79.9. The molecule has 1 aliphatic heterocycles. The smallest absolute Gasteiger partial charge is 0.348 e. The largest absolute Gasteiger partial charge is 0.377 e. The second kappa shape index (κ2) is 4.69. The number of H-pyrrole nitrogens is 1. The van der Waals surface area contributed by atoms with Gasteiger partial charge in [-0.25, -0.2) is 19.3 Å². The Kier molecular flexibility index (Phi) is 3.04. The maximum absolute atomic E-state index is 11.4. The van der Waals surface area contributed by atoms with Gasteiger partial charge in [-0.2, -0.15) is 5.10 Å². The van der Waals surface area contributed by atoms with Crippen LogP contribution in [0.3, 0.4) is 0 Å². The van der Waals surface area contributed by atoms with Gasteiger partial charge in [-0.1, -0.05) is 15.9 Å². The molecule has 8 heteroatoms. The third-order valence-corrected chi connectivity index (χ3v) is 3.74. The molecule has 0 saturated carbocycles. The minimum Gasteiger partial charge on any atom is -0.377 e. The molecule has 7 nitrogen and oxygen atoms in total. The fraction of sp³-hybridized carbons (Fsp3) is 0.500. The Morgan fingerprint density at radius 3 is 3.33 bits per heavy atom. The van der Waals surface area contributed by atoms with Crippen LogP contribution in [0.1, 0.15) is 0 Å². The lowest BCUT2D eigenvalue weighted by Crippen LogP contribution is -2.47. The van der Waals surface area contributed by atoms with Gasteiger partial charge >= 0.3 is 5.69 Å². The van der Waals surface area contributed by atoms with Crippen molar-refractivity contribution in [3.63, 3.8) is 0 Å². The molecule has 96 valence electrons. The molecular formula is C10H12BrN5O2. The summed E-state index contributed by atoms with van der Waals surface area (Å²) in [5.74, 6) is 0.814. The van der Waals surface area contributed by atoms with Gasteiger partial charge in [0.15, 0.2) is 5.65 Å². The Bertz CT molecular complexity index is 610. The molecule has 1 aliphatic rings. The van der Waals surface area contributed by atoms with Crippen LogP contribution in [0.4, 0.5) is 5.82 Å². The van der Waals surface area contributed by atoms with Crippen molar-refractivity contribution in [2.24, 2.45) is 0 Å². The van der Waals surface area contributed by atoms with Crippen molar-refractivity contribution in [1.29, 1.82) is 0 Å². The van der Waals surface area contributed by atoms with E-state index in [-0.39, 0.29) is 11.7 Å². The van der Waals surface area contributed by atoms with E-state index in [2.05, 4.69) is 36.0 Å². The number of hydrogen-bond acceptors (Lipinski definition) is 5. The molecule has 3 heterocycles. The summed E-state index contributed by atoms with van der Waals surface area (Å²) in [6.45, 7) is 2.14. The number of ether oxygens (including phenoxy) is 1. The zero-order chi connectivity index (χ0) is 12.5. The summed E-state index contributed by atoms with van der Waals surface area (Å²) in [6, 6.07) is 2.05. The van der Waals surface area contributed by atoms with E-state index in [1.165, 1.54) is 10.7 Å². The molecule has 1 saturated heterocycles. The normalized spacial score (nSPS) is 20.5. The average Bonchev–Trinajstić information content (AvgIpc) is 2.80. The van der Waals surface area contributed by atoms with E-state index in [4.69, 9.17) is 4.74 Å². The van der Waals surface area contributed by atoms with E-state index in [0.717, 1.165) is 17.7 Å². The number of morpholine rings is 1. The van der Waals surface area contributed by atoms with Gasteiger partial charge in [-0.15, -0.1) is 0 Å². The quantitative estimate of drug-likeness (QED) is 0.791. The van der Waals surface area contributed by atoms with E-state index in [0.29, 0.717) is 18.9 Å². The maximum Gasteiger partial charge on any atom is 0.348 e. The van der Waals surface area contributed by atoms with Crippen LogP contribution < -0.4 is 10.6 Å². The first-order valence-corrected chi connectivity index (χ1v) is 6.75. The number of alkyl halides is 1. The average molecular weight is 314 g/mol. The number of nitrogens with zero attached hydrogens (tertiary/aromatic N) is 4. The standard InChI is InChI=1S/C10H12BrN5O2/c11-4-7-5-18-2-1-15(7)8-3-9-13-14-10(17)16(9)6-12-8/h3,6-7H,1-2,4-5H2,(H,14,17). The Labute approximate surface area is 111 Å². The van der Waals surface area contributed by atoms with Crippen LogP contribution in [0.5, 0.6) is 0 Å². The van der Waals surface area contributed by atoms with Gasteiger partial charge in [-0.3, -0.25) is 0 Å². The van der Waals surface area contributed by atoms with Crippen LogP contribution in [0.15, 0.2) is 17.2 Å². The molecule has 2 aromatic rings. The summed E-state index contributed by atoms with van der Waals surface area (Å²) in [4.78, 5) is 17.8. The number of fused-ring (bicyclic) bond motifs is 1. The van der Waals surface area contributed by atoms with E-state index in [9.17, 15) is 4.79 Å². The third kappa shape index (κ3) is 1.91. The predicted octanol–water partition coefficient (Wildman–Crippen LogP) is 0.0177. The molecule has 0 aliphatic carbocycles. The molecule has 1 fully saturated rings. The summed E-state index contributed by atoms with van der Waals surface area (Å²) in [7, 11) is 0. The summed E-state index contributed by atoms with van der Waals surface area (Å²) in [6.07, 6.45) is 1.50. The molecule has 18 heavy (non-hydrogen) atoms. The highest BCUT2D eigenvalue weighted by molar-refractivity contribution is 9.09. The van der Waals surface area contributed by atoms with Crippen LogP contribution in [0, 0.1) is 0 Å². The highest BCUT2D eigenvalue weighted by Gasteiger charge is 2.23. The monoisotopic (exact) mass is 313 g/mol. The van der Waals surface area contributed by atoms with E-state index in [1.54, 1.807) is 6.07 Å². The molecule has 1 N–H and O–H groups in total. The van der Waals surface area contributed by atoms with Crippen LogP contribution >= 0.6 is 15.9 Å². The van der Waals surface area contributed by atoms with Gasteiger partial charge in [0.05, 0.1) is 19.3 Å². The van der Waals surface area contributed by atoms with E-state index < -0.39 is 0 Å². The van der Waals surface area contributed by atoms with Gasteiger partial charge in [0.2, 0.25) is 0 Å². The van der Waals surface area contributed by atoms with Crippen molar-refractivity contribution < 1.29 is 4.74 Å². The molecular weight excluding hydrogens is 302 g/mol. The van der Waals surface area contributed by atoms with Gasteiger partial charge in [0.1, 0.15) is 12.1 Å². The van der Waals surface area contributed by atoms with Crippen LogP contribution in [0.2, 0.25) is 0 Å². The first kappa shape index (κ1) is 11.7. The van der Waals surface area contributed by atoms with E-state index in [1.807, 2.05) is 0 Å². The molecule has 1 unspecified atom stereocenters. The van der Waals surface area contributed by atoms with E-state index >= 15 is 0 Å². The Balaban J connectivity index is 1.99. The number of hydrogen-bond donors (Lipinski definition) is 1. The van der Waals surface area contributed by atoms with Gasteiger partial charge in [0, 0.05) is 17.9 Å². The fourth-order valence-electron chi connectivity index (χ4n) is 2.04. The summed E-state index contributed by atoms with van der Waals surface area (Å²) in [5, 5.41) is 7.15. The van der Waals surface area contributed by atoms with Gasteiger partial charge in [0.25, 0.3) is 0 Å². The number of aromatic nitrogens is 4. The molecule has 0 spiro atoms. The van der Waals surface area contributed by atoms with Gasteiger partial charge < -0.3 is 9.64 Å². The second-order valence-electron chi connectivity index (χ2n) is 4.08. The van der Waals surface area contributed by atoms with Crippen LogP contribution in [-0.2, 0) is 4.74 Å². The number of aromatic amines is 1. The van der Waals surface area contributed by atoms with Crippen molar-refractivity contribution in [3.05, 3.63) is 22.9 Å². The Morgan fingerprint density at radius 1 is 1.61 bits per heavy atom. The van der Waals surface area contributed by atoms with Crippen LogP contribution in [-0.4, -0.2) is 50.7 Å². The zero-order valence-corrected chi connectivity index (χ0v) is 11.1. The maximum atomic E-state index is 11.4. The second-order valence-corrected chi connectivity index (χ2v) is 4.73. The summed E-state index contributed by atoms with van der Waals surface area (Å²) < 4.78 is 6.82. The SMILES string of the molecule is O=c1[nH]nc2cc(N3CCOCC3CBr)ncn12. The minimum absolute atomic E-state index is 0.249. The lowest BCUT2D eigenvalue weighted by Gasteiger charge is -2.35. The number of rotatable bonds is 2. The first-order chi connectivity index (χ1) is 8.79. The first-order valence-electron chi connectivity index (χ1n) is 5.63. The van der Waals surface area contributed by atoms with Crippen molar-refractivity contribution in [2.45, 2.75) is 6.04 Å². The number of anilines is 1. The third-order valence-electron chi connectivity index (χ3n) is 3.00. The summed E-state index contributed by atoms with van der Waals surface area (Å²) >= 11 is 3.48. The number of halogens is 1. The number of nitrogens with one attached hydrogen (secondary N) is 1. The fourth-order valence-corrected chi connectivity index (χ4v) is 2.58. The molecule has 0 radical (unpaired) electrons. The Hall–Kier alpha value is -1.41. The molecule has 3 rings (SSSR count). The van der Waals surface area contributed by atoms with Crippen molar-refractivity contribution in [2.75, 3.05) is 30.0 Å². The lowest BCUT2D eigenvalue weighted by atomic mass is 10.2. The molecule has 2 aromatic heterocycles. The molecule has 0 aromatic carbocycles. The van der Waals surface area contributed by atoms with Crippen molar-refractivity contribution in [3.8, 4) is 0 Å². The predicted molar refractivity (Wildman–Crippen MR) is 69.4 cm³/mol.